The molecule has 0 saturated heterocycles. The third kappa shape index (κ3) is 6.88. The van der Waals surface area contributed by atoms with Gasteiger partial charge in [0.2, 0.25) is 0 Å². The van der Waals surface area contributed by atoms with Gasteiger partial charge >= 0.3 is 5.97 Å². The lowest BCUT2D eigenvalue weighted by Gasteiger charge is -2.13. The SMILES string of the molecule is CCCC[C@H](CC)COC(=O)CCl. The van der Waals surface area contributed by atoms with Gasteiger partial charge in [0.05, 0.1) is 6.61 Å². The Morgan fingerprint density at radius 1 is 1.46 bits per heavy atom. The first-order valence-electron chi connectivity index (χ1n) is 4.96. The van der Waals surface area contributed by atoms with Gasteiger partial charge in [-0.2, -0.15) is 0 Å². The van der Waals surface area contributed by atoms with Gasteiger partial charge in [-0.3, -0.25) is 4.79 Å². The molecule has 0 aromatic carbocycles. The zero-order chi connectivity index (χ0) is 10.1. The van der Waals surface area contributed by atoms with Gasteiger partial charge in [-0.15, -0.1) is 11.6 Å². The summed E-state index contributed by atoms with van der Waals surface area (Å²) in [4.78, 5) is 10.8. The smallest absolute Gasteiger partial charge is 0.320 e. The Labute approximate surface area is 85.6 Å². The van der Waals surface area contributed by atoms with Crippen molar-refractivity contribution in [1.29, 1.82) is 0 Å². The average molecular weight is 207 g/mol. The van der Waals surface area contributed by atoms with Crippen LogP contribution in [0.3, 0.4) is 0 Å². The number of rotatable bonds is 7. The molecule has 0 spiro atoms. The van der Waals surface area contributed by atoms with Gasteiger partial charge in [0, 0.05) is 0 Å². The number of esters is 1. The predicted molar refractivity (Wildman–Crippen MR) is 55.0 cm³/mol. The molecule has 0 aliphatic rings. The van der Waals surface area contributed by atoms with Crippen LogP contribution in [0.4, 0.5) is 0 Å². The second kappa shape index (κ2) is 8.36. The van der Waals surface area contributed by atoms with Crippen molar-refractivity contribution in [2.45, 2.75) is 39.5 Å². The predicted octanol–water partition coefficient (Wildman–Crippen LogP) is 2.98. The summed E-state index contributed by atoms with van der Waals surface area (Å²) >= 11 is 5.31. The second-order valence-electron chi connectivity index (χ2n) is 3.23. The van der Waals surface area contributed by atoms with E-state index in [-0.39, 0.29) is 11.8 Å². The van der Waals surface area contributed by atoms with E-state index in [4.69, 9.17) is 16.3 Å². The number of unbranched alkanes of at least 4 members (excludes halogenated alkanes) is 1. The summed E-state index contributed by atoms with van der Waals surface area (Å²) in [5, 5.41) is 0. The maximum absolute atomic E-state index is 10.8. The number of carbonyl (C=O) groups is 1. The van der Waals surface area contributed by atoms with Crippen LogP contribution < -0.4 is 0 Å². The molecule has 0 fully saturated rings. The number of hydrogen-bond donors (Lipinski definition) is 0. The van der Waals surface area contributed by atoms with Gasteiger partial charge in [0.25, 0.3) is 0 Å². The molecule has 13 heavy (non-hydrogen) atoms. The van der Waals surface area contributed by atoms with E-state index in [0.29, 0.717) is 12.5 Å². The van der Waals surface area contributed by atoms with Gasteiger partial charge in [-0.25, -0.2) is 0 Å². The summed E-state index contributed by atoms with van der Waals surface area (Å²) in [7, 11) is 0. The van der Waals surface area contributed by atoms with Crippen molar-refractivity contribution in [3.05, 3.63) is 0 Å². The van der Waals surface area contributed by atoms with Crippen LogP contribution in [0.15, 0.2) is 0 Å². The van der Waals surface area contributed by atoms with E-state index in [1.807, 2.05) is 0 Å². The summed E-state index contributed by atoms with van der Waals surface area (Å²) in [6.45, 7) is 4.81. The van der Waals surface area contributed by atoms with E-state index in [9.17, 15) is 4.79 Å². The fourth-order valence-corrected chi connectivity index (χ4v) is 1.22. The Bertz CT molecular complexity index is 137. The van der Waals surface area contributed by atoms with Crippen molar-refractivity contribution < 1.29 is 9.53 Å². The first-order chi connectivity index (χ1) is 6.24. The molecule has 0 aliphatic carbocycles. The highest BCUT2D eigenvalue weighted by Crippen LogP contribution is 2.12. The third-order valence-corrected chi connectivity index (χ3v) is 2.35. The van der Waals surface area contributed by atoms with Crippen LogP contribution in [-0.2, 0) is 9.53 Å². The van der Waals surface area contributed by atoms with Crippen molar-refractivity contribution in [1.82, 2.24) is 0 Å². The fraction of sp³-hybridized carbons (Fsp3) is 0.900. The Morgan fingerprint density at radius 2 is 2.15 bits per heavy atom. The molecule has 1 atom stereocenters. The maximum atomic E-state index is 10.8. The molecule has 2 nitrogen and oxygen atoms in total. The lowest BCUT2D eigenvalue weighted by molar-refractivity contribution is -0.142. The monoisotopic (exact) mass is 206 g/mol. The van der Waals surface area contributed by atoms with Crippen LogP contribution in [-0.4, -0.2) is 18.5 Å². The quantitative estimate of drug-likeness (QED) is 0.473. The van der Waals surface area contributed by atoms with E-state index in [1.54, 1.807) is 0 Å². The fourth-order valence-electron chi connectivity index (χ4n) is 1.15. The summed E-state index contributed by atoms with van der Waals surface area (Å²) in [6.07, 6.45) is 4.61. The first kappa shape index (κ1) is 12.8. The molecule has 0 rings (SSSR count). The molecular formula is C10H19ClO2. The van der Waals surface area contributed by atoms with E-state index in [0.717, 1.165) is 12.8 Å². The summed E-state index contributed by atoms with van der Waals surface area (Å²) in [6, 6.07) is 0. The van der Waals surface area contributed by atoms with Crippen molar-refractivity contribution in [3.63, 3.8) is 0 Å². The standard InChI is InChI=1S/C10H19ClO2/c1-3-5-6-9(4-2)8-13-10(12)7-11/h9H,3-8H2,1-2H3/t9-/m0/s1. The van der Waals surface area contributed by atoms with E-state index in [1.165, 1.54) is 12.8 Å². The van der Waals surface area contributed by atoms with Crippen molar-refractivity contribution in [3.8, 4) is 0 Å². The number of carbonyl (C=O) groups excluding carboxylic acids is 1. The average Bonchev–Trinajstić information content (AvgIpc) is 2.17. The highest BCUT2D eigenvalue weighted by Gasteiger charge is 2.08. The van der Waals surface area contributed by atoms with Gasteiger partial charge in [0.1, 0.15) is 5.88 Å². The minimum atomic E-state index is -0.309. The molecule has 0 radical (unpaired) electrons. The molecule has 0 aliphatic heterocycles. The Morgan fingerprint density at radius 3 is 2.62 bits per heavy atom. The second-order valence-corrected chi connectivity index (χ2v) is 3.50. The number of halogens is 1. The topological polar surface area (TPSA) is 26.3 Å². The molecular weight excluding hydrogens is 188 g/mol. The first-order valence-corrected chi connectivity index (χ1v) is 5.49. The summed E-state index contributed by atoms with van der Waals surface area (Å²) in [5.41, 5.74) is 0. The number of ether oxygens (including phenoxy) is 1. The molecule has 0 saturated carbocycles. The minimum Gasteiger partial charge on any atom is -0.465 e. The molecule has 3 heteroatoms. The zero-order valence-electron chi connectivity index (χ0n) is 8.51. The van der Waals surface area contributed by atoms with Crippen LogP contribution in [0, 0.1) is 5.92 Å². The Balaban J connectivity index is 3.52. The molecule has 78 valence electrons. The largest absolute Gasteiger partial charge is 0.465 e. The van der Waals surface area contributed by atoms with Gasteiger partial charge in [-0.1, -0.05) is 33.1 Å². The van der Waals surface area contributed by atoms with Crippen molar-refractivity contribution in [2.75, 3.05) is 12.5 Å². The van der Waals surface area contributed by atoms with Crippen molar-refractivity contribution >= 4 is 17.6 Å². The molecule has 0 amide bonds. The van der Waals surface area contributed by atoms with Crippen LogP contribution in [0.2, 0.25) is 0 Å². The maximum Gasteiger partial charge on any atom is 0.320 e. The highest BCUT2D eigenvalue weighted by molar-refractivity contribution is 6.26. The van der Waals surface area contributed by atoms with Crippen LogP contribution in [0.5, 0.6) is 0 Å². The number of alkyl halides is 1. The number of hydrogen-bond acceptors (Lipinski definition) is 2. The van der Waals surface area contributed by atoms with Crippen LogP contribution in [0.1, 0.15) is 39.5 Å². The summed E-state index contributed by atoms with van der Waals surface area (Å²) < 4.78 is 4.97. The molecule has 0 aromatic heterocycles. The van der Waals surface area contributed by atoms with Gasteiger partial charge in [-0.05, 0) is 12.3 Å². The van der Waals surface area contributed by atoms with Crippen LogP contribution in [0.25, 0.3) is 0 Å². The molecule has 0 unspecified atom stereocenters. The van der Waals surface area contributed by atoms with E-state index in [2.05, 4.69) is 13.8 Å². The highest BCUT2D eigenvalue weighted by atomic mass is 35.5. The van der Waals surface area contributed by atoms with Crippen LogP contribution >= 0.6 is 11.6 Å². The lowest BCUT2D eigenvalue weighted by atomic mass is 10.0. The minimum absolute atomic E-state index is 0.0375. The normalized spacial score (nSPS) is 12.5. The van der Waals surface area contributed by atoms with E-state index >= 15 is 0 Å². The molecule has 0 aromatic rings. The van der Waals surface area contributed by atoms with Crippen molar-refractivity contribution in [2.24, 2.45) is 5.92 Å². The zero-order valence-corrected chi connectivity index (χ0v) is 9.27. The summed E-state index contributed by atoms with van der Waals surface area (Å²) in [5.74, 6) is 0.160. The van der Waals surface area contributed by atoms with E-state index < -0.39 is 0 Å². The molecule has 0 heterocycles. The Hall–Kier alpha value is -0.240. The van der Waals surface area contributed by atoms with Gasteiger partial charge < -0.3 is 4.74 Å². The molecule has 0 bridgehead atoms. The lowest BCUT2D eigenvalue weighted by Crippen LogP contribution is -2.14. The van der Waals surface area contributed by atoms with Gasteiger partial charge in [0.15, 0.2) is 0 Å². The Kier molecular flexibility index (Phi) is 8.21. The third-order valence-electron chi connectivity index (χ3n) is 2.13. The molecule has 0 N–H and O–H groups in total.